The lowest BCUT2D eigenvalue weighted by Gasteiger charge is -2.18. The van der Waals surface area contributed by atoms with Crippen LogP contribution in [0.25, 0.3) is 0 Å². The Morgan fingerprint density at radius 2 is 1.26 bits per heavy atom. The molecule has 6 nitrogen and oxygen atoms in total. The molecule has 0 spiro atoms. The molecule has 1 atom stereocenters. The predicted octanol–water partition coefficient (Wildman–Crippen LogP) is 8.61. The second-order valence-corrected chi connectivity index (χ2v) is 10.3. The number of amides is 1. The highest BCUT2D eigenvalue weighted by Crippen LogP contribution is 2.17. The molecule has 6 heteroatoms. The number of hydrogen-bond donors (Lipinski definition) is 2. The van der Waals surface area contributed by atoms with Crippen LogP contribution in [0.1, 0.15) is 142 Å². The van der Waals surface area contributed by atoms with Crippen molar-refractivity contribution in [3.05, 3.63) is 36.5 Å². The number of carbonyl (C=O) groups excluding carboxylic acids is 2. The average molecular weight is 548 g/mol. The fourth-order valence-electron chi connectivity index (χ4n) is 4.29. The molecule has 0 saturated carbocycles. The van der Waals surface area contributed by atoms with E-state index in [4.69, 9.17) is 9.84 Å². The van der Waals surface area contributed by atoms with Gasteiger partial charge in [-0.15, -0.1) is 0 Å². The van der Waals surface area contributed by atoms with E-state index in [1.54, 1.807) is 0 Å². The zero-order valence-corrected chi connectivity index (χ0v) is 25.0. The Hall–Kier alpha value is -2.37. The highest BCUT2D eigenvalue weighted by atomic mass is 16.5. The fourth-order valence-corrected chi connectivity index (χ4v) is 4.29. The molecule has 1 amide bonds. The van der Waals surface area contributed by atoms with Crippen LogP contribution in [-0.2, 0) is 19.1 Å². The van der Waals surface area contributed by atoms with Crippen molar-refractivity contribution < 1.29 is 24.2 Å². The number of allylic oxidation sites excluding steroid dienone is 6. The molecule has 39 heavy (non-hydrogen) atoms. The zero-order valence-electron chi connectivity index (χ0n) is 25.0. The van der Waals surface area contributed by atoms with Crippen LogP contribution in [-0.4, -0.2) is 35.6 Å². The number of nitrogens with one attached hydrogen (secondary N) is 1. The molecular formula is C33H57NO5. The van der Waals surface area contributed by atoms with Gasteiger partial charge in [-0.05, 0) is 70.6 Å². The van der Waals surface area contributed by atoms with Crippen LogP contribution in [0, 0.1) is 0 Å². The number of aliphatic carboxylic acids is 1. The normalized spacial score (nSPS) is 12.5. The molecule has 224 valence electrons. The molecule has 0 radical (unpaired) electrons. The number of esters is 1. The smallest absolute Gasteiger partial charge is 0.322 e. The Morgan fingerprint density at radius 3 is 1.92 bits per heavy atom. The topological polar surface area (TPSA) is 92.7 Å². The second-order valence-electron chi connectivity index (χ2n) is 10.3. The molecule has 0 heterocycles. The van der Waals surface area contributed by atoms with E-state index in [9.17, 15) is 14.4 Å². The van der Waals surface area contributed by atoms with Gasteiger partial charge in [-0.25, -0.2) is 0 Å². The highest BCUT2D eigenvalue weighted by Gasteiger charge is 2.14. The zero-order chi connectivity index (χ0) is 28.8. The standard InChI is InChI=1S/C33H57NO5/c1-3-5-7-9-10-11-12-13-14-15-16-17-18-19-24-28-33(38)39-30(25-21-8-6-4-2)26-22-20-23-27-31(35)34-29-32(36)37/h5,7,10-11,13-14,30H,3-4,6,8-9,12,15-29H2,1-2H3,(H,34,35)(H,36,37)/b7-5-,11-10-,14-13-. The summed E-state index contributed by atoms with van der Waals surface area (Å²) >= 11 is 0. The molecular weight excluding hydrogens is 490 g/mol. The van der Waals surface area contributed by atoms with E-state index in [2.05, 4.69) is 55.6 Å². The third kappa shape index (κ3) is 28.5. The van der Waals surface area contributed by atoms with Crippen molar-refractivity contribution in [1.82, 2.24) is 5.32 Å². The van der Waals surface area contributed by atoms with Gasteiger partial charge in [0.1, 0.15) is 12.6 Å². The molecule has 0 saturated heterocycles. The van der Waals surface area contributed by atoms with E-state index in [0.717, 1.165) is 83.5 Å². The Bertz CT molecular complexity index is 698. The first-order chi connectivity index (χ1) is 19.0. The molecule has 0 fully saturated rings. The van der Waals surface area contributed by atoms with Crippen LogP contribution in [0.3, 0.4) is 0 Å². The quantitative estimate of drug-likeness (QED) is 0.0610. The number of rotatable bonds is 27. The van der Waals surface area contributed by atoms with Crippen molar-refractivity contribution in [1.29, 1.82) is 0 Å². The van der Waals surface area contributed by atoms with E-state index < -0.39 is 5.97 Å². The SMILES string of the molecule is CC/C=C\C/C=C\C/C=C\CCCCCCCC(=O)OC(CCCCCC)CCCCCC(=O)NCC(=O)O. The summed E-state index contributed by atoms with van der Waals surface area (Å²) in [5, 5.41) is 11.0. The van der Waals surface area contributed by atoms with Gasteiger partial charge in [0.25, 0.3) is 0 Å². The molecule has 0 aromatic rings. The summed E-state index contributed by atoms with van der Waals surface area (Å²) in [4.78, 5) is 34.6. The van der Waals surface area contributed by atoms with Gasteiger partial charge in [0, 0.05) is 12.8 Å². The summed E-state index contributed by atoms with van der Waals surface area (Å²) in [7, 11) is 0. The van der Waals surface area contributed by atoms with Gasteiger partial charge in [0.2, 0.25) is 5.91 Å². The van der Waals surface area contributed by atoms with Crippen molar-refractivity contribution in [2.75, 3.05) is 6.54 Å². The third-order valence-electron chi connectivity index (χ3n) is 6.58. The summed E-state index contributed by atoms with van der Waals surface area (Å²) in [5.41, 5.74) is 0. The number of carboxylic acids is 1. The van der Waals surface area contributed by atoms with Crippen LogP contribution >= 0.6 is 0 Å². The van der Waals surface area contributed by atoms with Gasteiger partial charge >= 0.3 is 11.9 Å². The molecule has 0 aliphatic heterocycles. The van der Waals surface area contributed by atoms with Crippen molar-refractivity contribution in [3.63, 3.8) is 0 Å². The van der Waals surface area contributed by atoms with Crippen LogP contribution in [0.5, 0.6) is 0 Å². The third-order valence-corrected chi connectivity index (χ3v) is 6.58. The summed E-state index contributed by atoms with van der Waals surface area (Å²) in [6, 6.07) is 0. The second kappa shape index (κ2) is 28.6. The van der Waals surface area contributed by atoms with Crippen LogP contribution in [0.4, 0.5) is 0 Å². The first kappa shape index (κ1) is 36.6. The fraction of sp³-hybridized carbons (Fsp3) is 0.727. The molecule has 0 aliphatic rings. The van der Waals surface area contributed by atoms with E-state index in [0.29, 0.717) is 19.3 Å². The Kier molecular flexibility index (Phi) is 26.9. The average Bonchev–Trinajstić information content (AvgIpc) is 2.91. The maximum atomic E-state index is 12.4. The van der Waals surface area contributed by atoms with Crippen molar-refractivity contribution >= 4 is 17.8 Å². The Balaban J connectivity index is 3.98. The van der Waals surface area contributed by atoms with Gasteiger partial charge in [-0.1, -0.05) is 95.2 Å². The molecule has 0 rings (SSSR count). The van der Waals surface area contributed by atoms with E-state index in [1.807, 2.05) is 0 Å². The summed E-state index contributed by atoms with van der Waals surface area (Å²) in [6.45, 7) is 4.01. The largest absolute Gasteiger partial charge is 0.480 e. The number of hydrogen-bond acceptors (Lipinski definition) is 4. The maximum Gasteiger partial charge on any atom is 0.322 e. The van der Waals surface area contributed by atoms with Gasteiger partial charge < -0.3 is 15.2 Å². The van der Waals surface area contributed by atoms with Crippen LogP contribution < -0.4 is 5.32 Å². The summed E-state index contributed by atoms with van der Waals surface area (Å²) < 4.78 is 5.84. The number of carbonyl (C=O) groups is 3. The lowest BCUT2D eigenvalue weighted by Crippen LogP contribution is -2.28. The molecule has 0 aromatic heterocycles. The predicted molar refractivity (Wildman–Crippen MR) is 162 cm³/mol. The van der Waals surface area contributed by atoms with Gasteiger partial charge in [0.15, 0.2) is 0 Å². The number of ether oxygens (including phenoxy) is 1. The van der Waals surface area contributed by atoms with Gasteiger partial charge in [0.05, 0.1) is 0 Å². The van der Waals surface area contributed by atoms with Gasteiger partial charge in [-0.2, -0.15) is 0 Å². The Morgan fingerprint density at radius 1 is 0.692 bits per heavy atom. The molecule has 0 aliphatic carbocycles. The van der Waals surface area contributed by atoms with E-state index >= 15 is 0 Å². The molecule has 0 aromatic carbocycles. The van der Waals surface area contributed by atoms with Crippen LogP contribution in [0.2, 0.25) is 0 Å². The molecule has 2 N–H and O–H groups in total. The molecule has 0 bridgehead atoms. The van der Waals surface area contributed by atoms with Crippen molar-refractivity contribution in [3.8, 4) is 0 Å². The highest BCUT2D eigenvalue weighted by molar-refractivity contribution is 5.80. The summed E-state index contributed by atoms with van der Waals surface area (Å²) in [6.07, 6.45) is 32.8. The van der Waals surface area contributed by atoms with Gasteiger partial charge in [-0.3, -0.25) is 14.4 Å². The number of unbranched alkanes of at least 4 members (excludes halogenated alkanes) is 10. The lowest BCUT2D eigenvalue weighted by atomic mass is 10.0. The molecule has 1 unspecified atom stereocenters. The minimum atomic E-state index is -1.03. The first-order valence-electron chi connectivity index (χ1n) is 15.6. The first-order valence-corrected chi connectivity index (χ1v) is 15.6. The van der Waals surface area contributed by atoms with Crippen molar-refractivity contribution in [2.45, 2.75) is 148 Å². The number of carboxylic acid groups (broad SMARTS) is 1. The minimum absolute atomic E-state index is 0.0374. The maximum absolute atomic E-state index is 12.4. The van der Waals surface area contributed by atoms with E-state index in [-0.39, 0.29) is 24.5 Å². The Labute approximate surface area is 238 Å². The minimum Gasteiger partial charge on any atom is -0.480 e. The lowest BCUT2D eigenvalue weighted by molar-refractivity contribution is -0.150. The van der Waals surface area contributed by atoms with Crippen molar-refractivity contribution in [2.24, 2.45) is 0 Å². The van der Waals surface area contributed by atoms with Crippen LogP contribution in [0.15, 0.2) is 36.5 Å². The summed E-state index contributed by atoms with van der Waals surface area (Å²) in [5.74, 6) is -1.34. The van der Waals surface area contributed by atoms with E-state index in [1.165, 1.54) is 25.7 Å². The monoisotopic (exact) mass is 547 g/mol.